The van der Waals surface area contributed by atoms with Crippen molar-refractivity contribution in [2.75, 3.05) is 13.7 Å². The molecule has 9 atom stereocenters. The number of allylic oxidation sites excluding steroid dienone is 1. The van der Waals surface area contributed by atoms with Crippen molar-refractivity contribution in [1.82, 2.24) is 4.90 Å². The van der Waals surface area contributed by atoms with Crippen molar-refractivity contribution in [1.29, 1.82) is 0 Å². The van der Waals surface area contributed by atoms with E-state index in [9.17, 15) is 9.90 Å². The van der Waals surface area contributed by atoms with Crippen LogP contribution in [0.4, 0.5) is 0 Å². The molecule has 7 nitrogen and oxygen atoms in total. The predicted molar refractivity (Wildman–Crippen MR) is 101 cm³/mol. The van der Waals surface area contributed by atoms with Crippen LogP contribution in [-0.4, -0.2) is 59.2 Å². The third-order valence-corrected chi connectivity index (χ3v) is 8.56. The van der Waals surface area contributed by atoms with E-state index in [1.54, 1.807) is 14.0 Å². The predicted octanol–water partition coefficient (Wildman–Crippen LogP) is 2.06. The summed E-state index contributed by atoms with van der Waals surface area (Å²) in [7, 11) is 1.56. The van der Waals surface area contributed by atoms with Crippen molar-refractivity contribution in [3.63, 3.8) is 0 Å². The normalized spacial score (nSPS) is 52.2. The third-order valence-electron chi connectivity index (χ3n) is 8.56. The van der Waals surface area contributed by atoms with Crippen molar-refractivity contribution in [2.24, 2.45) is 17.8 Å². The first-order valence-corrected chi connectivity index (χ1v) is 10.9. The highest BCUT2D eigenvalue weighted by Gasteiger charge is 2.84. The number of hydrogen-bond acceptors (Lipinski definition) is 7. The molecule has 5 fully saturated rings. The third kappa shape index (κ3) is 1.89. The zero-order chi connectivity index (χ0) is 20.3. The zero-order valence-electron chi connectivity index (χ0n) is 17.4. The van der Waals surface area contributed by atoms with Crippen LogP contribution >= 0.6 is 0 Å². The molecule has 7 heteroatoms. The van der Waals surface area contributed by atoms with E-state index in [4.69, 9.17) is 18.9 Å². The Kier molecular flexibility index (Phi) is 3.49. The SMILES string of the molecule is COC1=C(C)C(=O)O/C1=C1\O[C@@]23O[C@H]4C[C@@H]([C@H]2[C@@H]1C)N1CC[C@H]3[C@@]41CCC(C)O. The molecule has 0 saturated carbocycles. The summed E-state index contributed by atoms with van der Waals surface area (Å²) in [5.41, 5.74) is 0.451. The van der Waals surface area contributed by atoms with Gasteiger partial charge < -0.3 is 24.1 Å². The first-order valence-electron chi connectivity index (χ1n) is 10.9. The highest BCUT2D eigenvalue weighted by Crippen LogP contribution is 2.73. The lowest BCUT2D eigenvalue weighted by molar-refractivity contribution is -0.256. The highest BCUT2D eigenvalue weighted by atomic mass is 16.7. The second-order valence-electron chi connectivity index (χ2n) is 9.70. The number of cyclic esters (lactones) is 1. The molecule has 0 aromatic rings. The number of esters is 1. The fourth-order valence-corrected chi connectivity index (χ4v) is 7.62. The molecular formula is C22H29NO6. The van der Waals surface area contributed by atoms with Crippen molar-refractivity contribution < 1.29 is 28.8 Å². The smallest absolute Gasteiger partial charge is 0.343 e. The molecule has 0 aromatic carbocycles. The lowest BCUT2D eigenvalue weighted by Crippen LogP contribution is -2.61. The topological polar surface area (TPSA) is 77.5 Å². The monoisotopic (exact) mass is 403 g/mol. The maximum atomic E-state index is 12.2. The molecule has 6 aliphatic heterocycles. The molecule has 0 aliphatic carbocycles. The lowest BCUT2D eigenvalue weighted by atomic mass is 9.69. The van der Waals surface area contributed by atoms with E-state index < -0.39 is 5.79 Å². The number of nitrogens with zero attached hydrogens (tertiary/aromatic N) is 1. The minimum absolute atomic E-state index is 0.0276. The highest BCUT2D eigenvalue weighted by molar-refractivity contribution is 5.93. The number of hydrogen-bond donors (Lipinski definition) is 1. The summed E-state index contributed by atoms with van der Waals surface area (Å²) >= 11 is 0. The second-order valence-corrected chi connectivity index (χ2v) is 9.70. The van der Waals surface area contributed by atoms with Crippen LogP contribution in [-0.2, 0) is 23.7 Å². The molecule has 5 bridgehead atoms. The van der Waals surface area contributed by atoms with Gasteiger partial charge in [-0.05, 0) is 46.1 Å². The van der Waals surface area contributed by atoms with Crippen LogP contribution in [0.15, 0.2) is 22.9 Å². The number of rotatable bonds is 4. The van der Waals surface area contributed by atoms with Crippen molar-refractivity contribution in [3.8, 4) is 0 Å². The molecule has 29 heavy (non-hydrogen) atoms. The first kappa shape index (κ1) is 18.2. The average Bonchev–Trinajstić information content (AvgIpc) is 3.38. The van der Waals surface area contributed by atoms with Crippen LogP contribution in [0.3, 0.4) is 0 Å². The van der Waals surface area contributed by atoms with Gasteiger partial charge in [-0.25, -0.2) is 4.79 Å². The van der Waals surface area contributed by atoms with E-state index in [1.165, 1.54) is 0 Å². The van der Waals surface area contributed by atoms with Crippen molar-refractivity contribution >= 4 is 5.97 Å². The number of ether oxygens (including phenoxy) is 4. The minimum Gasteiger partial charge on any atom is -0.492 e. The standard InChI is InChI=1S/C22H29NO6/c1-10(24)5-7-21-14-6-8-23(21)13-9-15(21)28-22(14)16(13)11(2)18(29-22)19-17(26-4)12(3)20(25)27-19/h10-11,13-16,24H,5-9H2,1-4H3/b19-18-/t10?,11-,13-,14-,15-,16+,21-,22+/m0/s1. The van der Waals surface area contributed by atoms with Gasteiger partial charge in [0.15, 0.2) is 5.76 Å². The summed E-state index contributed by atoms with van der Waals surface area (Å²) < 4.78 is 24.5. The van der Waals surface area contributed by atoms with Gasteiger partial charge in [-0.1, -0.05) is 6.92 Å². The molecule has 1 spiro atoms. The van der Waals surface area contributed by atoms with Gasteiger partial charge in [0.05, 0.1) is 36.3 Å². The van der Waals surface area contributed by atoms with Gasteiger partial charge in [0.2, 0.25) is 11.5 Å². The van der Waals surface area contributed by atoms with Gasteiger partial charge in [0, 0.05) is 17.9 Å². The Bertz CT molecular complexity index is 863. The number of aliphatic hydroxyl groups is 1. The molecule has 6 rings (SSSR count). The molecule has 6 aliphatic rings. The number of aliphatic hydroxyl groups excluding tert-OH is 1. The van der Waals surface area contributed by atoms with E-state index in [1.807, 2.05) is 6.92 Å². The minimum atomic E-state index is -0.650. The van der Waals surface area contributed by atoms with Gasteiger partial charge in [-0.2, -0.15) is 0 Å². The summed E-state index contributed by atoms with van der Waals surface area (Å²) in [4.78, 5) is 14.9. The van der Waals surface area contributed by atoms with E-state index in [2.05, 4.69) is 11.8 Å². The largest absolute Gasteiger partial charge is 0.492 e. The van der Waals surface area contributed by atoms with Gasteiger partial charge in [0.1, 0.15) is 5.76 Å². The summed E-state index contributed by atoms with van der Waals surface area (Å²) in [5, 5.41) is 9.95. The number of fused-ring (bicyclic) bond motifs is 1. The van der Waals surface area contributed by atoms with Crippen LogP contribution in [0.5, 0.6) is 0 Å². The van der Waals surface area contributed by atoms with Crippen LogP contribution in [0, 0.1) is 17.8 Å². The summed E-state index contributed by atoms with van der Waals surface area (Å²) in [6.45, 7) is 6.82. The molecule has 2 unspecified atom stereocenters. The number of carbonyl (C=O) groups is 1. The summed E-state index contributed by atoms with van der Waals surface area (Å²) in [6, 6.07) is 0.405. The number of piperidine rings is 1. The van der Waals surface area contributed by atoms with Crippen LogP contribution < -0.4 is 0 Å². The van der Waals surface area contributed by atoms with Gasteiger partial charge >= 0.3 is 5.97 Å². The molecule has 1 N–H and O–H groups in total. The molecule has 158 valence electrons. The molecule has 0 amide bonds. The van der Waals surface area contributed by atoms with E-state index in [-0.39, 0.29) is 41.5 Å². The number of carbonyl (C=O) groups excluding carboxylic acids is 1. The lowest BCUT2D eigenvalue weighted by Gasteiger charge is -2.48. The van der Waals surface area contributed by atoms with E-state index in [0.717, 1.165) is 32.2 Å². The maximum absolute atomic E-state index is 12.2. The fourth-order valence-electron chi connectivity index (χ4n) is 7.62. The molecule has 6 heterocycles. The molecular weight excluding hydrogens is 374 g/mol. The Morgan fingerprint density at radius 2 is 2.21 bits per heavy atom. The quantitative estimate of drug-likeness (QED) is 0.720. The fraction of sp³-hybridized carbons (Fsp3) is 0.773. The van der Waals surface area contributed by atoms with Crippen LogP contribution in [0.2, 0.25) is 0 Å². The average molecular weight is 403 g/mol. The van der Waals surface area contributed by atoms with Crippen LogP contribution in [0.1, 0.15) is 46.5 Å². The Morgan fingerprint density at radius 3 is 2.93 bits per heavy atom. The van der Waals surface area contributed by atoms with Crippen LogP contribution in [0.25, 0.3) is 0 Å². The first-order chi connectivity index (χ1) is 13.8. The van der Waals surface area contributed by atoms with E-state index >= 15 is 0 Å². The maximum Gasteiger partial charge on any atom is 0.343 e. The van der Waals surface area contributed by atoms with E-state index in [0.29, 0.717) is 28.9 Å². The Labute approximate surface area is 170 Å². The Morgan fingerprint density at radius 1 is 1.41 bits per heavy atom. The summed E-state index contributed by atoms with van der Waals surface area (Å²) in [5.74, 6) is 1.15. The van der Waals surface area contributed by atoms with Gasteiger partial charge in [-0.3, -0.25) is 4.90 Å². The second kappa shape index (κ2) is 5.56. The molecule has 0 radical (unpaired) electrons. The zero-order valence-corrected chi connectivity index (χ0v) is 17.4. The molecule has 5 saturated heterocycles. The van der Waals surface area contributed by atoms with Gasteiger partial charge in [-0.15, -0.1) is 0 Å². The number of methoxy groups -OCH3 is 1. The van der Waals surface area contributed by atoms with Crippen molar-refractivity contribution in [2.45, 2.75) is 76.0 Å². The molecule has 0 aromatic heterocycles. The Hall–Kier alpha value is -1.57. The van der Waals surface area contributed by atoms with Crippen molar-refractivity contribution in [3.05, 3.63) is 22.9 Å². The Balaban J connectivity index is 1.44. The summed E-state index contributed by atoms with van der Waals surface area (Å²) in [6.07, 6.45) is 3.61. The van der Waals surface area contributed by atoms with Gasteiger partial charge in [0.25, 0.3) is 0 Å².